The molecule has 0 bridgehead atoms. The fourth-order valence-corrected chi connectivity index (χ4v) is 3.95. The molecule has 0 unspecified atom stereocenters. The van der Waals surface area contributed by atoms with Crippen LogP contribution in [0.15, 0.2) is 0 Å². The van der Waals surface area contributed by atoms with Crippen LogP contribution in [-0.2, 0) is 0 Å². The maximum atomic E-state index is 3.64. The fraction of sp³-hybridized carbons (Fsp3) is 0.895. The lowest BCUT2D eigenvalue weighted by Crippen LogP contribution is -2.15. The molecule has 108 valence electrons. The molecular weight excluding hydrogens is 228 g/mol. The molecule has 0 aromatic heterocycles. The molecule has 2 aliphatic rings. The van der Waals surface area contributed by atoms with Gasteiger partial charge in [-0.1, -0.05) is 45.0 Å². The molecule has 0 spiro atoms. The summed E-state index contributed by atoms with van der Waals surface area (Å²) in [6.07, 6.45) is 15.4. The number of hydrogen-bond donors (Lipinski definition) is 0. The smallest absolute Gasteiger partial charge is 0.0203 e. The molecule has 2 aliphatic carbocycles. The van der Waals surface area contributed by atoms with Crippen molar-refractivity contribution in [2.24, 2.45) is 23.7 Å². The second kappa shape index (κ2) is 7.98. The molecule has 0 heterocycles. The Labute approximate surface area is 120 Å². The van der Waals surface area contributed by atoms with E-state index in [-0.39, 0.29) is 0 Å². The van der Waals surface area contributed by atoms with Crippen LogP contribution in [0, 0.1) is 35.5 Å². The molecule has 0 aromatic carbocycles. The van der Waals surface area contributed by atoms with Crippen LogP contribution in [-0.4, -0.2) is 0 Å². The van der Waals surface area contributed by atoms with Crippen LogP contribution in [0.2, 0.25) is 0 Å². The van der Waals surface area contributed by atoms with Gasteiger partial charge in [-0.2, -0.15) is 0 Å². The SMILES string of the molecule is CCC[C@H]1CC[C@H](C#C[C@H]2CC[C@H](CC)CC2)CC1. The molecule has 19 heavy (non-hydrogen) atoms. The molecule has 0 heteroatoms. The van der Waals surface area contributed by atoms with E-state index in [1.165, 1.54) is 70.6 Å². The summed E-state index contributed by atoms with van der Waals surface area (Å²) in [5.74, 6) is 10.8. The first-order valence-electron chi connectivity index (χ1n) is 8.82. The maximum Gasteiger partial charge on any atom is 0.0203 e. The van der Waals surface area contributed by atoms with Gasteiger partial charge in [0.15, 0.2) is 0 Å². The molecule has 2 rings (SSSR count). The molecule has 0 aromatic rings. The Kier molecular flexibility index (Phi) is 6.29. The van der Waals surface area contributed by atoms with Crippen molar-refractivity contribution in [3.63, 3.8) is 0 Å². The predicted octanol–water partition coefficient (Wildman–Crippen LogP) is 5.81. The highest BCUT2D eigenvalue weighted by Crippen LogP contribution is 2.32. The zero-order valence-electron chi connectivity index (χ0n) is 13.1. The number of hydrogen-bond acceptors (Lipinski definition) is 0. The second-order valence-electron chi connectivity index (χ2n) is 6.92. The Morgan fingerprint density at radius 3 is 1.58 bits per heavy atom. The van der Waals surface area contributed by atoms with Crippen molar-refractivity contribution >= 4 is 0 Å². The van der Waals surface area contributed by atoms with E-state index in [2.05, 4.69) is 25.7 Å². The van der Waals surface area contributed by atoms with Crippen molar-refractivity contribution in [1.29, 1.82) is 0 Å². The van der Waals surface area contributed by atoms with Gasteiger partial charge in [0.05, 0.1) is 0 Å². The van der Waals surface area contributed by atoms with E-state index < -0.39 is 0 Å². The van der Waals surface area contributed by atoms with Gasteiger partial charge in [-0.05, 0) is 63.2 Å². The molecule has 0 aliphatic heterocycles. The Balaban J connectivity index is 1.70. The summed E-state index contributed by atoms with van der Waals surface area (Å²) in [5.41, 5.74) is 0. The zero-order chi connectivity index (χ0) is 13.5. The van der Waals surface area contributed by atoms with Gasteiger partial charge in [0, 0.05) is 11.8 Å². The average molecular weight is 260 g/mol. The first kappa shape index (κ1) is 15.0. The average Bonchev–Trinajstić information content (AvgIpc) is 2.47. The standard InChI is InChI=1S/C19H32/c1-3-5-17-10-12-19(13-11-17)15-14-18-8-6-16(4-2)7-9-18/h16-19H,3-13H2,1-2H3/t16-,17-,18-,19-. The molecule has 0 N–H and O–H groups in total. The summed E-state index contributed by atoms with van der Waals surface area (Å²) in [5, 5.41) is 0. The van der Waals surface area contributed by atoms with E-state index in [0.717, 1.165) is 23.7 Å². The largest absolute Gasteiger partial charge is 0.0996 e. The van der Waals surface area contributed by atoms with Crippen molar-refractivity contribution in [2.75, 3.05) is 0 Å². The maximum absolute atomic E-state index is 3.64. The third kappa shape index (κ3) is 4.87. The summed E-state index contributed by atoms with van der Waals surface area (Å²) in [7, 11) is 0. The minimum Gasteiger partial charge on any atom is -0.0996 e. The Morgan fingerprint density at radius 1 is 0.684 bits per heavy atom. The van der Waals surface area contributed by atoms with E-state index in [0.29, 0.717) is 0 Å². The van der Waals surface area contributed by atoms with Crippen molar-refractivity contribution in [2.45, 2.75) is 84.5 Å². The summed E-state index contributed by atoms with van der Waals surface area (Å²) >= 11 is 0. The monoisotopic (exact) mass is 260 g/mol. The summed E-state index contributed by atoms with van der Waals surface area (Å²) in [6.45, 7) is 4.66. The van der Waals surface area contributed by atoms with Gasteiger partial charge in [0.25, 0.3) is 0 Å². The van der Waals surface area contributed by atoms with Crippen LogP contribution < -0.4 is 0 Å². The van der Waals surface area contributed by atoms with Crippen molar-refractivity contribution in [1.82, 2.24) is 0 Å². The summed E-state index contributed by atoms with van der Waals surface area (Å²) < 4.78 is 0. The molecule has 0 saturated heterocycles. The first-order valence-corrected chi connectivity index (χ1v) is 8.82. The van der Waals surface area contributed by atoms with E-state index in [1.807, 2.05) is 0 Å². The zero-order valence-corrected chi connectivity index (χ0v) is 13.1. The molecule has 0 atom stereocenters. The molecule has 0 amide bonds. The third-order valence-electron chi connectivity index (χ3n) is 5.46. The van der Waals surface area contributed by atoms with Gasteiger partial charge in [-0.25, -0.2) is 0 Å². The van der Waals surface area contributed by atoms with Crippen molar-refractivity contribution < 1.29 is 0 Å². The highest BCUT2D eigenvalue weighted by molar-refractivity contribution is 5.09. The van der Waals surface area contributed by atoms with Crippen LogP contribution >= 0.6 is 0 Å². The lowest BCUT2D eigenvalue weighted by molar-refractivity contribution is 0.297. The highest BCUT2D eigenvalue weighted by Gasteiger charge is 2.20. The lowest BCUT2D eigenvalue weighted by atomic mass is 9.79. The van der Waals surface area contributed by atoms with E-state index in [9.17, 15) is 0 Å². The molecule has 0 nitrogen and oxygen atoms in total. The van der Waals surface area contributed by atoms with Crippen LogP contribution in [0.4, 0.5) is 0 Å². The van der Waals surface area contributed by atoms with Crippen LogP contribution in [0.25, 0.3) is 0 Å². The number of rotatable bonds is 3. The first-order chi connectivity index (χ1) is 9.31. The van der Waals surface area contributed by atoms with E-state index >= 15 is 0 Å². The molecule has 2 saturated carbocycles. The van der Waals surface area contributed by atoms with Gasteiger partial charge < -0.3 is 0 Å². The molecular formula is C19H32. The normalized spacial score (nSPS) is 35.5. The summed E-state index contributed by atoms with van der Waals surface area (Å²) in [6, 6.07) is 0. The van der Waals surface area contributed by atoms with E-state index in [1.54, 1.807) is 0 Å². The summed E-state index contributed by atoms with van der Waals surface area (Å²) in [4.78, 5) is 0. The fourth-order valence-electron chi connectivity index (χ4n) is 3.95. The highest BCUT2D eigenvalue weighted by atomic mass is 14.3. The van der Waals surface area contributed by atoms with E-state index in [4.69, 9.17) is 0 Å². The van der Waals surface area contributed by atoms with Gasteiger partial charge in [-0.15, -0.1) is 0 Å². The van der Waals surface area contributed by atoms with Gasteiger partial charge in [0.1, 0.15) is 0 Å². The Morgan fingerprint density at radius 2 is 1.16 bits per heavy atom. The van der Waals surface area contributed by atoms with Gasteiger partial charge in [-0.3, -0.25) is 0 Å². The minimum absolute atomic E-state index is 0.733. The van der Waals surface area contributed by atoms with Gasteiger partial charge >= 0.3 is 0 Å². The lowest BCUT2D eigenvalue weighted by Gasteiger charge is -2.26. The Bertz CT molecular complexity index is 290. The van der Waals surface area contributed by atoms with Crippen molar-refractivity contribution in [3.8, 4) is 11.8 Å². The molecule has 0 radical (unpaired) electrons. The van der Waals surface area contributed by atoms with Crippen LogP contribution in [0.3, 0.4) is 0 Å². The van der Waals surface area contributed by atoms with Crippen LogP contribution in [0.5, 0.6) is 0 Å². The quantitative estimate of drug-likeness (QED) is 0.561. The minimum atomic E-state index is 0.733. The predicted molar refractivity (Wildman–Crippen MR) is 83.9 cm³/mol. The second-order valence-corrected chi connectivity index (χ2v) is 6.92. The topological polar surface area (TPSA) is 0 Å². The van der Waals surface area contributed by atoms with Crippen LogP contribution in [0.1, 0.15) is 84.5 Å². The van der Waals surface area contributed by atoms with Crippen molar-refractivity contribution in [3.05, 3.63) is 0 Å². The Hall–Kier alpha value is -0.440. The molecule has 2 fully saturated rings. The third-order valence-corrected chi connectivity index (χ3v) is 5.46. The van der Waals surface area contributed by atoms with Gasteiger partial charge in [0.2, 0.25) is 0 Å².